The van der Waals surface area contributed by atoms with E-state index in [2.05, 4.69) is 0 Å². The molecule has 0 radical (unpaired) electrons. The van der Waals surface area contributed by atoms with Gasteiger partial charge in [-0.05, 0) is 26.7 Å². The van der Waals surface area contributed by atoms with Crippen molar-refractivity contribution in [2.24, 2.45) is 10.8 Å². The van der Waals surface area contributed by atoms with E-state index in [1.54, 1.807) is 13.8 Å². The lowest BCUT2D eigenvalue weighted by molar-refractivity contribution is -0.159. The molecule has 0 unspecified atom stereocenters. The minimum absolute atomic E-state index is 0.128. The zero-order chi connectivity index (χ0) is 10.1. The van der Waals surface area contributed by atoms with Gasteiger partial charge >= 0.3 is 11.9 Å². The summed E-state index contributed by atoms with van der Waals surface area (Å²) in [5.74, 6) is -0.811. The summed E-state index contributed by atoms with van der Waals surface area (Å²) in [7, 11) is 0. The maximum Gasteiger partial charge on any atom is 0.323 e. The molecule has 0 N–H and O–H groups in total. The molecule has 4 heteroatoms. The van der Waals surface area contributed by atoms with Crippen LogP contribution in [0, 0.1) is 10.8 Å². The molecule has 2 bridgehead atoms. The Labute approximate surface area is 81.6 Å². The molecule has 0 aromatic rings. The highest BCUT2D eigenvalue weighted by molar-refractivity contribution is 6.03. The fourth-order valence-electron chi connectivity index (χ4n) is 3.14. The lowest BCUT2D eigenvalue weighted by atomic mass is 9.59. The SMILES string of the molecule is C[C@]12C(=O)OC(=O)[C@]1(C)[C@H]1CC[C@H]2O1. The summed E-state index contributed by atoms with van der Waals surface area (Å²) in [4.78, 5) is 23.3. The highest BCUT2D eigenvalue weighted by atomic mass is 16.6. The summed E-state index contributed by atoms with van der Waals surface area (Å²) in [5.41, 5.74) is -1.49. The lowest BCUT2D eigenvalue weighted by Crippen LogP contribution is -2.48. The van der Waals surface area contributed by atoms with E-state index in [0.717, 1.165) is 12.8 Å². The number of rotatable bonds is 0. The zero-order valence-corrected chi connectivity index (χ0v) is 8.20. The molecule has 0 aliphatic carbocycles. The first kappa shape index (κ1) is 8.41. The van der Waals surface area contributed by atoms with Crippen LogP contribution < -0.4 is 0 Å². The summed E-state index contributed by atoms with van der Waals surface area (Å²) >= 11 is 0. The molecule has 3 saturated heterocycles. The quantitative estimate of drug-likeness (QED) is 0.421. The summed E-state index contributed by atoms with van der Waals surface area (Å²) in [5, 5.41) is 0. The number of carbonyl (C=O) groups is 2. The van der Waals surface area contributed by atoms with Crippen LogP contribution in [0.3, 0.4) is 0 Å². The van der Waals surface area contributed by atoms with E-state index >= 15 is 0 Å². The first-order valence-corrected chi connectivity index (χ1v) is 4.93. The molecule has 3 aliphatic rings. The van der Waals surface area contributed by atoms with Crippen molar-refractivity contribution < 1.29 is 19.1 Å². The Kier molecular flexibility index (Phi) is 1.22. The third-order valence-electron chi connectivity index (χ3n) is 4.42. The first-order valence-electron chi connectivity index (χ1n) is 4.93. The molecular weight excluding hydrogens is 184 g/mol. The average Bonchev–Trinajstić information content (AvgIpc) is 2.73. The van der Waals surface area contributed by atoms with Gasteiger partial charge in [0.2, 0.25) is 0 Å². The predicted molar refractivity (Wildman–Crippen MR) is 45.2 cm³/mol. The fraction of sp³-hybridized carbons (Fsp3) is 0.800. The molecule has 4 atom stereocenters. The normalized spacial score (nSPS) is 55.0. The van der Waals surface area contributed by atoms with Gasteiger partial charge in [0.05, 0.1) is 12.2 Å². The van der Waals surface area contributed by atoms with Gasteiger partial charge in [0.1, 0.15) is 10.8 Å². The molecular formula is C10H12O4. The van der Waals surface area contributed by atoms with Crippen molar-refractivity contribution in [2.45, 2.75) is 38.9 Å². The van der Waals surface area contributed by atoms with E-state index in [0.29, 0.717) is 0 Å². The first-order chi connectivity index (χ1) is 6.51. The van der Waals surface area contributed by atoms with Crippen molar-refractivity contribution in [1.29, 1.82) is 0 Å². The maximum absolute atomic E-state index is 11.7. The molecule has 0 amide bonds. The van der Waals surface area contributed by atoms with E-state index in [4.69, 9.17) is 9.47 Å². The van der Waals surface area contributed by atoms with Crippen LogP contribution in [-0.2, 0) is 19.1 Å². The fourth-order valence-corrected chi connectivity index (χ4v) is 3.14. The van der Waals surface area contributed by atoms with Crippen LogP contribution in [0.2, 0.25) is 0 Å². The number of cyclic esters (lactones) is 2. The van der Waals surface area contributed by atoms with E-state index in [-0.39, 0.29) is 12.2 Å². The average molecular weight is 196 g/mol. The molecule has 0 aromatic carbocycles. The highest BCUT2D eigenvalue weighted by Crippen LogP contribution is 2.63. The monoisotopic (exact) mass is 196 g/mol. The number of hydrogen-bond donors (Lipinski definition) is 0. The van der Waals surface area contributed by atoms with Crippen LogP contribution in [0.5, 0.6) is 0 Å². The molecule has 3 fully saturated rings. The van der Waals surface area contributed by atoms with Crippen molar-refractivity contribution in [3.05, 3.63) is 0 Å². The molecule has 3 aliphatic heterocycles. The highest BCUT2D eigenvalue weighted by Gasteiger charge is 2.76. The van der Waals surface area contributed by atoms with Gasteiger partial charge in [-0.25, -0.2) is 0 Å². The van der Waals surface area contributed by atoms with Crippen molar-refractivity contribution in [3.8, 4) is 0 Å². The third-order valence-corrected chi connectivity index (χ3v) is 4.42. The minimum atomic E-state index is -0.743. The number of esters is 2. The molecule has 14 heavy (non-hydrogen) atoms. The molecule has 0 spiro atoms. The molecule has 3 rings (SSSR count). The van der Waals surface area contributed by atoms with Crippen molar-refractivity contribution >= 4 is 11.9 Å². The van der Waals surface area contributed by atoms with Gasteiger partial charge in [-0.2, -0.15) is 0 Å². The molecule has 0 saturated carbocycles. The van der Waals surface area contributed by atoms with Gasteiger partial charge in [0.15, 0.2) is 0 Å². The Bertz CT molecular complexity index is 318. The molecule has 76 valence electrons. The van der Waals surface area contributed by atoms with Gasteiger partial charge < -0.3 is 9.47 Å². The lowest BCUT2D eigenvalue weighted by Gasteiger charge is -2.34. The Hall–Kier alpha value is -0.900. The van der Waals surface area contributed by atoms with E-state index in [9.17, 15) is 9.59 Å². The summed E-state index contributed by atoms with van der Waals surface area (Å²) < 4.78 is 10.4. The van der Waals surface area contributed by atoms with Crippen LogP contribution in [0.4, 0.5) is 0 Å². The molecule has 3 heterocycles. The van der Waals surface area contributed by atoms with Gasteiger partial charge in [-0.3, -0.25) is 9.59 Å². The standard InChI is InChI=1S/C10H12O4/c1-9-5-3-4-6(13-5)10(9,2)8(12)14-7(9)11/h5-6H,3-4H2,1-2H3/t5-,6-,9+,10+/m1/s1. The van der Waals surface area contributed by atoms with Crippen LogP contribution in [-0.4, -0.2) is 24.1 Å². The number of carbonyl (C=O) groups excluding carboxylic acids is 2. The summed E-state index contributed by atoms with van der Waals surface area (Å²) in [6, 6.07) is 0. The molecule has 4 nitrogen and oxygen atoms in total. The maximum atomic E-state index is 11.7. The van der Waals surface area contributed by atoms with Crippen molar-refractivity contribution in [3.63, 3.8) is 0 Å². The number of hydrogen-bond acceptors (Lipinski definition) is 4. The minimum Gasteiger partial charge on any atom is -0.392 e. The predicted octanol–water partition coefficient (Wildman–Crippen LogP) is 0.644. The number of ether oxygens (including phenoxy) is 2. The van der Waals surface area contributed by atoms with Crippen LogP contribution in [0.25, 0.3) is 0 Å². The van der Waals surface area contributed by atoms with Crippen molar-refractivity contribution in [2.75, 3.05) is 0 Å². The largest absolute Gasteiger partial charge is 0.392 e. The van der Waals surface area contributed by atoms with Gasteiger partial charge in [0.25, 0.3) is 0 Å². The second kappa shape index (κ2) is 2.03. The van der Waals surface area contributed by atoms with Gasteiger partial charge in [-0.1, -0.05) is 0 Å². The van der Waals surface area contributed by atoms with Crippen molar-refractivity contribution in [1.82, 2.24) is 0 Å². The Morgan fingerprint density at radius 2 is 1.50 bits per heavy atom. The van der Waals surface area contributed by atoms with E-state index in [1.165, 1.54) is 0 Å². The summed E-state index contributed by atoms with van der Waals surface area (Å²) in [6.45, 7) is 3.59. The van der Waals surface area contributed by atoms with E-state index < -0.39 is 22.8 Å². The summed E-state index contributed by atoms with van der Waals surface area (Å²) in [6.07, 6.45) is 1.46. The van der Waals surface area contributed by atoms with Gasteiger partial charge in [-0.15, -0.1) is 0 Å². The second-order valence-electron chi connectivity index (χ2n) is 4.77. The Morgan fingerprint density at radius 3 is 1.93 bits per heavy atom. The Balaban J connectivity index is 2.21. The third kappa shape index (κ3) is 0.557. The van der Waals surface area contributed by atoms with Crippen LogP contribution in [0.1, 0.15) is 26.7 Å². The second-order valence-corrected chi connectivity index (χ2v) is 4.77. The van der Waals surface area contributed by atoms with Gasteiger partial charge in [0, 0.05) is 0 Å². The smallest absolute Gasteiger partial charge is 0.323 e. The zero-order valence-electron chi connectivity index (χ0n) is 8.20. The number of fused-ring (bicyclic) bond motifs is 5. The van der Waals surface area contributed by atoms with Crippen LogP contribution in [0.15, 0.2) is 0 Å². The topological polar surface area (TPSA) is 52.6 Å². The Morgan fingerprint density at radius 1 is 1.07 bits per heavy atom. The van der Waals surface area contributed by atoms with E-state index in [1.807, 2.05) is 0 Å². The van der Waals surface area contributed by atoms with Crippen LogP contribution >= 0.6 is 0 Å². The molecule has 0 aromatic heterocycles.